The maximum atomic E-state index is 13.4. The molecule has 2 aromatic carbocycles. The molecule has 2 amide bonds. The van der Waals surface area contributed by atoms with Crippen LogP contribution in [0, 0.1) is 13.8 Å². The third-order valence-corrected chi connectivity index (χ3v) is 6.69. The molecule has 4 nitrogen and oxygen atoms in total. The van der Waals surface area contributed by atoms with Crippen molar-refractivity contribution in [1.29, 1.82) is 0 Å². The van der Waals surface area contributed by atoms with Crippen LogP contribution in [0.1, 0.15) is 74.1 Å². The maximum absolute atomic E-state index is 13.4. The molecule has 3 rings (SSSR count). The average Bonchev–Trinajstić information content (AvgIpc) is 2.80. The predicted octanol–water partition coefficient (Wildman–Crippen LogP) is 5.49. The lowest BCUT2D eigenvalue weighted by Crippen LogP contribution is -2.51. The van der Waals surface area contributed by atoms with Gasteiger partial charge >= 0.3 is 0 Å². The van der Waals surface area contributed by atoms with Gasteiger partial charge in [0.1, 0.15) is 6.04 Å². The number of nitrogens with one attached hydrogen (secondary N) is 1. The first-order chi connectivity index (χ1) is 15.5. The van der Waals surface area contributed by atoms with Crippen LogP contribution in [0.3, 0.4) is 0 Å². The van der Waals surface area contributed by atoms with Crippen LogP contribution in [0.5, 0.6) is 0 Å². The Morgan fingerprint density at radius 3 is 2.34 bits per heavy atom. The molecule has 0 saturated heterocycles. The minimum absolute atomic E-state index is 0.00308. The SMILES string of the molecule is CCC(C(=O)NC1CCCCC1)N(Cc1ccccc1C)C(=O)CCc1ccc(C)cc1. The molecule has 0 heterocycles. The van der Waals surface area contributed by atoms with Crippen molar-refractivity contribution in [2.75, 3.05) is 0 Å². The van der Waals surface area contributed by atoms with Crippen molar-refractivity contribution in [3.63, 3.8) is 0 Å². The quantitative estimate of drug-likeness (QED) is 0.567. The van der Waals surface area contributed by atoms with Gasteiger partial charge in [0.05, 0.1) is 0 Å². The van der Waals surface area contributed by atoms with Gasteiger partial charge in [0.25, 0.3) is 0 Å². The van der Waals surface area contributed by atoms with E-state index in [1.165, 1.54) is 24.8 Å². The average molecular weight is 435 g/mol. The summed E-state index contributed by atoms with van der Waals surface area (Å²) in [7, 11) is 0. The molecular formula is C28H38N2O2. The van der Waals surface area contributed by atoms with Crippen molar-refractivity contribution in [2.24, 2.45) is 0 Å². The summed E-state index contributed by atoms with van der Waals surface area (Å²) in [5, 5.41) is 3.25. The molecule has 0 spiro atoms. The predicted molar refractivity (Wildman–Crippen MR) is 130 cm³/mol. The van der Waals surface area contributed by atoms with E-state index in [1.54, 1.807) is 0 Å². The lowest BCUT2D eigenvalue weighted by atomic mass is 9.95. The first kappa shape index (κ1) is 24.0. The van der Waals surface area contributed by atoms with Crippen LogP contribution in [-0.2, 0) is 22.6 Å². The highest BCUT2D eigenvalue weighted by Gasteiger charge is 2.30. The molecule has 1 aliphatic carbocycles. The van der Waals surface area contributed by atoms with Crippen molar-refractivity contribution in [3.8, 4) is 0 Å². The zero-order valence-electron chi connectivity index (χ0n) is 19.9. The van der Waals surface area contributed by atoms with Gasteiger partial charge in [-0.15, -0.1) is 0 Å². The molecule has 1 saturated carbocycles. The Balaban J connectivity index is 1.75. The Labute approximate surface area is 193 Å². The molecule has 1 fully saturated rings. The summed E-state index contributed by atoms with van der Waals surface area (Å²) < 4.78 is 0. The van der Waals surface area contributed by atoms with E-state index < -0.39 is 6.04 Å². The Kier molecular flexibility index (Phi) is 8.90. The first-order valence-electron chi connectivity index (χ1n) is 12.2. The topological polar surface area (TPSA) is 49.4 Å². The third-order valence-electron chi connectivity index (χ3n) is 6.69. The molecule has 0 bridgehead atoms. The number of aryl methyl sites for hydroxylation is 3. The van der Waals surface area contributed by atoms with Crippen LogP contribution in [0.25, 0.3) is 0 Å². The van der Waals surface area contributed by atoms with E-state index in [0.29, 0.717) is 25.8 Å². The van der Waals surface area contributed by atoms with E-state index in [9.17, 15) is 9.59 Å². The van der Waals surface area contributed by atoms with Crippen molar-refractivity contribution in [2.45, 2.75) is 90.8 Å². The highest BCUT2D eigenvalue weighted by atomic mass is 16.2. The van der Waals surface area contributed by atoms with Gasteiger partial charge in [0.2, 0.25) is 11.8 Å². The Hall–Kier alpha value is -2.62. The monoisotopic (exact) mass is 434 g/mol. The molecule has 1 unspecified atom stereocenters. The number of carbonyl (C=O) groups is 2. The molecule has 1 aliphatic rings. The summed E-state index contributed by atoms with van der Waals surface area (Å²) in [5.74, 6) is 0.0381. The standard InChI is InChI=1S/C28H38N2O2/c1-4-26(28(32)29-25-12-6-5-7-13-25)30(20-24-11-9-8-10-22(24)3)27(31)19-18-23-16-14-21(2)15-17-23/h8-11,14-17,25-26H,4-7,12-13,18-20H2,1-3H3,(H,29,32). The minimum atomic E-state index is -0.443. The van der Waals surface area contributed by atoms with Crippen molar-refractivity contribution < 1.29 is 9.59 Å². The number of hydrogen-bond acceptors (Lipinski definition) is 2. The molecule has 0 radical (unpaired) electrons. The van der Waals surface area contributed by atoms with Gasteiger partial charge in [-0.25, -0.2) is 0 Å². The van der Waals surface area contributed by atoms with Gasteiger partial charge in [-0.3, -0.25) is 9.59 Å². The second-order valence-electron chi connectivity index (χ2n) is 9.20. The van der Waals surface area contributed by atoms with E-state index in [2.05, 4.69) is 55.6 Å². The van der Waals surface area contributed by atoms with Crippen molar-refractivity contribution in [3.05, 3.63) is 70.8 Å². The summed E-state index contributed by atoms with van der Waals surface area (Å²) in [6, 6.07) is 16.3. The molecule has 1 atom stereocenters. The third kappa shape index (κ3) is 6.69. The largest absolute Gasteiger partial charge is 0.352 e. The zero-order chi connectivity index (χ0) is 22.9. The smallest absolute Gasteiger partial charge is 0.243 e. The molecule has 1 N–H and O–H groups in total. The highest BCUT2D eigenvalue weighted by molar-refractivity contribution is 5.88. The lowest BCUT2D eigenvalue weighted by molar-refractivity contribution is -0.141. The van der Waals surface area contributed by atoms with Gasteiger partial charge in [-0.1, -0.05) is 80.3 Å². The summed E-state index contributed by atoms with van der Waals surface area (Å²) in [5.41, 5.74) is 4.61. The molecule has 32 heavy (non-hydrogen) atoms. The van der Waals surface area contributed by atoms with Crippen LogP contribution in [0.2, 0.25) is 0 Å². The number of carbonyl (C=O) groups excluding carboxylic acids is 2. The number of rotatable bonds is 9. The summed E-state index contributed by atoms with van der Waals surface area (Å²) in [6.45, 7) is 6.60. The van der Waals surface area contributed by atoms with Crippen molar-refractivity contribution >= 4 is 11.8 Å². The Bertz CT molecular complexity index is 885. The van der Waals surface area contributed by atoms with E-state index in [4.69, 9.17) is 0 Å². The Morgan fingerprint density at radius 2 is 1.69 bits per heavy atom. The summed E-state index contributed by atoms with van der Waals surface area (Å²) in [6.07, 6.45) is 7.38. The van der Waals surface area contributed by atoms with Gasteiger partial charge in [0, 0.05) is 19.0 Å². The number of hydrogen-bond donors (Lipinski definition) is 1. The van der Waals surface area contributed by atoms with Crippen LogP contribution >= 0.6 is 0 Å². The van der Waals surface area contributed by atoms with Crippen LogP contribution in [-0.4, -0.2) is 28.8 Å². The second kappa shape index (κ2) is 11.8. The molecule has 2 aromatic rings. The normalized spacial score (nSPS) is 15.2. The molecule has 172 valence electrons. The number of nitrogens with zero attached hydrogens (tertiary/aromatic N) is 1. The van der Waals surface area contributed by atoms with E-state index >= 15 is 0 Å². The molecular weight excluding hydrogens is 396 g/mol. The lowest BCUT2D eigenvalue weighted by Gasteiger charge is -2.33. The maximum Gasteiger partial charge on any atom is 0.243 e. The van der Waals surface area contributed by atoms with Gasteiger partial charge < -0.3 is 10.2 Å². The summed E-state index contributed by atoms with van der Waals surface area (Å²) >= 11 is 0. The van der Waals surface area contributed by atoms with Gasteiger partial charge in [-0.05, 0) is 56.2 Å². The number of benzene rings is 2. The Morgan fingerprint density at radius 1 is 1.00 bits per heavy atom. The first-order valence-corrected chi connectivity index (χ1v) is 12.2. The second-order valence-corrected chi connectivity index (χ2v) is 9.20. The fourth-order valence-electron chi connectivity index (χ4n) is 4.58. The van der Waals surface area contributed by atoms with Crippen LogP contribution in [0.4, 0.5) is 0 Å². The van der Waals surface area contributed by atoms with E-state index in [1.807, 2.05) is 24.0 Å². The zero-order valence-corrected chi connectivity index (χ0v) is 19.9. The fourth-order valence-corrected chi connectivity index (χ4v) is 4.58. The van der Waals surface area contributed by atoms with Crippen LogP contribution < -0.4 is 5.32 Å². The number of amides is 2. The molecule has 0 aromatic heterocycles. The molecule has 0 aliphatic heterocycles. The van der Waals surface area contributed by atoms with E-state index in [-0.39, 0.29) is 17.9 Å². The minimum Gasteiger partial charge on any atom is -0.352 e. The highest BCUT2D eigenvalue weighted by Crippen LogP contribution is 2.20. The van der Waals surface area contributed by atoms with Gasteiger partial charge in [-0.2, -0.15) is 0 Å². The fraction of sp³-hybridized carbons (Fsp3) is 0.500. The van der Waals surface area contributed by atoms with E-state index in [0.717, 1.165) is 29.5 Å². The van der Waals surface area contributed by atoms with Gasteiger partial charge in [0.15, 0.2) is 0 Å². The summed E-state index contributed by atoms with van der Waals surface area (Å²) in [4.78, 5) is 28.5. The molecule has 4 heteroatoms. The van der Waals surface area contributed by atoms with Crippen LogP contribution in [0.15, 0.2) is 48.5 Å². The van der Waals surface area contributed by atoms with Crippen molar-refractivity contribution in [1.82, 2.24) is 10.2 Å².